The number of nitrogens with one attached hydrogen (secondary N) is 1. The molecule has 35 heavy (non-hydrogen) atoms. The van der Waals surface area contributed by atoms with Crippen molar-refractivity contribution in [3.63, 3.8) is 0 Å². The van der Waals surface area contributed by atoms with E-state index in [4.69, 9.17) is 9.47 Å². The molecule has 2 aromatic carbocycles. The summed E-state index contributed by atoms with van der Waals surface area (Å²) in [4.78, 5) is 27.8. The zero-order chi connectivity index (χ0) is 26.3. The summed E-state index contributed by atoms with van der Waals surface area (Å²) in [7, 11) is -0.933. The predicted molar refractivity (Wildman–Crippen MR) is 136 cm³/mol. The van der Waals surface area contributed by atoms with E-state index in [1.807, 2.05) is 45.0 Å². The molecule has 0 aliphatic carbocycles. The summed E-state index contributed by atoms with van der Waals surface area (Å²) >= 11 is 0. The Bertz CT molecular complexity index is 1150. The SMILES string of the molecule is COc1ccc(N(CC(=O)N(Cc2ccccc2C)C(C)C(=O)NC(C)C)S(C)(=O)=O)cc1OC. The Morgan fingerprint density at radius 2 is 1.63 bits per heavy atom. The summed E-state index contributed by atoms with van der Waals surface area (Å²) in [5.74, 6) is -0.0810. The van der Waals surface area contributed by atoms with Gasteiger partial charge in [0, 0.05) is 18.7 Å². The Kier molecular flexibility index (Phi) is 9.53. The van der Waals surface area contributed by atoms with Gasteiger partial charge in [0.1, 0.15) is 12.6 Å². The Labute approximate surface area is 208 Å². The van der Waals surface area contributed by atoms with Gasteiger partial charge in [-0.1, -0.05) is 24.3 Å². The van der Waals surface area contributed by atoms with E-state index in [-0.39, 0.29) is 24.2 Å². The van der Waals surface area contributed by atoms with Crippen LogP contribution in [0.1, 0.15) is 31.9 Å². The quantitative estimate of drug-likeness (QED) is 0.504. The highest BCUT2D eigenvalue weighted by Gasteiger charge is 2.30. The molecular formula is C25H35N3O6S. The second kappa shape index (κ2) is 11.9. The van der Waals surface area contributed by atoms with E-state index in [0.29, 0.717) is 11.5 Å². The van der Waals surface area contributed by atoms with E-state index < -0.39 is 28.5 Å². The smallest absolute Gasteiger partial charge is 0.244 e. The maximum atomic E-state index is 13.6. The van der Waals surface area contributed by atoms with Gasteiger partial charge in [0.05, 0.1) is 26.2 Å². The first kappa shape index (κ1) is 28.0. The van der Waals surface area contributed by atoms with Crippen LogP contribution in [0.4, 0.5) is 5.69 Å². The summed E-state index contributed by atoms with van der Waals surface area (Å²) in [6.45, 7) is 6.89. The lowest BCUT2D eigenvalue weighted by Gasteiger charge is -2.32. The number of carbonyl (C=O) groups excluding carboxylic acids is 2. The second-order valence-electron chi connectivity index (χ2n) is 8.60. The molecule has 1 unspecified atom stereocenters. The Morgan fingerprint density at radius 3 is 2.17 bits per heavy atom. The van der Waals surface area contributed by atoms with E-state index in [1.165, 1.54) is 31.3 Å². The van der Waals surface area contributed by atoms with Gasteiger partial charge in [-0.25, -0.2) is 8.42 Å². The normalized spacial score (nSPS) is 12.1. The van der Waals surface area contributed by atoms with Crippen LogP contribution in [0.5, 0.6) is 11.5 Å². The van der Waals surface area contributed by atoms with Crippen molar-refractivity contribution < 1.29 is 27.5 Å². The van der Waals surface area contributed by atoms with Crippen LogP contribution in [0.25, 0.3) is 0 Å². The molecule has 0 aliphatic heterocycles. The van der Waals surface area contributed by atoms with E-state index in [2.05, 4.69) is 5.32 Å². The zero-order valence-corrected chi connectivity index (χ0v) is 22.2. The van der Waals surface area contributed by atoms with E-state index in [9.17, 15) is 18.0 Å². The van der Waals surface area contributed by atoms with Gasteiger partial charge in [-0.2, -0.15) is 0 Å². The first-order chi connectivity index (χ1) is 16.4. The van der Waals surface area contributed by atoms with Gasteiger partial charge in [-0.3, -0.25) is 13.9 Å². The molecule has 2 aromatic rings. The van der Waals surface area contributed by atoms with Crippen molar-refractivity contribution in [2.45, 2.75) is 46.3 Å². The average Bonchev–Trinajstić information content (AvgIpc) is 2.79. The van der Waals surface area contributed by atoms with Crippen molar-refractivity contribution in [3.05, 3.63) is 53.6 Å². The molecule has 0 fully saturated rings. The fourth-order valence-electron chi connectivity index (χ4n) is 3.55. The molecule has 0 saturated heterocycles. The van der Waals surface area contributed by atoms with Gasteiger partial charge in [0.15, 0.2) is 11.5 Å². The van der Waals surface area contributed by atoms with Crippen LogP contribution in [0, 0.1) is 6.92 Å². The molecule has 9 nitrogen and oxygen atoms in total. The highest BCUT2D eigenvalue weighted by Crippen LogP contribution is 2.32. The maximum absolute atomic E-state index is 13.6. The predicted octanol–water partition coefficient (Wildman–Crippen LogP) is 2.72. The summed E-state index contributed by atoms with van der Waals surface area (Å²) in [6.07, 6.45) is 1.03. The van der Waals surface area contributed by atoms with Crippen LogP contribution >= 0.6 is 0 Å². The van der Waals surface area contributed by atoms with E-state index in [1.54, 1.807) is 13.0 Å². The molecule has 10 heteroatoms. The molecular weight excluding hydrogens is 470 g/mol. The number of nitrogens with zero attached hydrogens (tertiary/aromatic N) is 2. The lowest BCUT2D eigenvalue weighted by molar-refractivity contribution is -0.139. The lowest BCUT2D eigenvalue weighted by Crippen LogP contribution is -2.52. The number of sulfonamides is 1. The van der Waals surface area contributed by atoms with Crippen molar-refractivity contribution >= 4 is 27.5 Å². The Balaban J connectivity index is 2.45. The first-order valence-corrected chi connectivity index (χ1v) is 13.1. The second-order valence-corrected chi connectivity index (χ2v) is 10.5. The molecule has 1 N–H and O–H groups in total. The van der Waals surface area contributed by atoms with Crippen LogP contribution in [-0.2, 0) is 26.2 Å². The van der Waals surface area contributed by atoms with Gasteiger partial charge < -0.3 is 19.7 Å². The molecule has 0 bridgehead atoms. The van der Waals surface area contributed by atoms with Crippen molar-refractivity contribution in [2.24, 2.45) is 0 Å². The highest BCUT2D eigenvalue weighted by molar-refractivity contribution is 7.92. The molecule has 2 amide bonds. The minimum Gasteiger partial charge on any atom is -0.493 e. The van der Waals surface area contributed by atoms with Gasteiger partial charge in [-0.15, -0.1) is 0 Å². The van der Waals surface area contributed by atoms with Crippen LogP contribution in [-0.4, -0.2) is 64.2 Å². The minimum atomic E-state index is -3.85. The van der Waals surface area contributed by atoms with E-state index >= 15 is 0 Å². The molecule has 2 rings (SSSR count). The van der Waals surface area contributed by atoms with Crippen molar-refractivity contribution in [1.29, 1.82) is 0 Å². The average molecular weight is 506 g/mol. The fraction of sp³-hybridized carbons (Fsp3) is 0.440. The lowest BCUT2D eigenvalue weighted by atomic mass is 10.1. The summed E-state index contributed by atoms with van der Waals surface area (Å²) in [6, 6.07) is 11.2. The van der Waals surface area contributed by atoms with Gasteiger partial charge in [0.2, 0.25) is 21.8 Å². The number of hydrogen-bond donors (Lipinski definition) is 1. The van der Waals surface area contributed by atoms with Gasteiger partial charge >= 0.3 is 0 Å². The van der Waals surface area contributed by atoms with Crippen LogP contribution < -0.4 is 19.1 Å². The molecule has 0 aromatic heterocycles. The molecule has 0 heterocycles. The minimum absolute atomic E-state index is 0.111. The molecule has 1 atom stereocenters. The molecule has 0 saturated carbocycles. The van der Waals surface area contributed by atoms with Gasteiger partial charge in [-0.05, 0) is 51.0 Å². The highest BCUT2D eigenvalue weighted by atomic mass is 32.2. The number of amides is 2. The summed E-state index contributed by atoms with van der Waals surface area (Å²) in [5, 5.41) is 2.83. The summed E-state index contributed by atoms with van der Waals surface area (Å²) < 4.78 is 36.9. The summed E-state index contributed by atoms with van der Waals surface area (Å²) in [5.41, 5.74) is 2.07. The topological polar surface area (TPSA) is 105 Å². The Hall–Kier alpha value is -3.27. The number of benzene rings is 2. The van der Waals surface area contributed by atoms with E-state index in [0.717, 1.165) is 21.7 Å². The first-order valence-electron chi connectivity index (χ1n) is 11.2. The molecule has 0 aliphatic rings. The number of anilines is 1. The maximum Gasteiger partial charge on any atom is 0.244 e. The standard InChI is InChI=1S/C25H35N3O6S/c1-17(2)26-25(30)19(4)27(15-20-11-9-8-10-18(20)3)24(29)16-28(35(7,31)32)21-12-13-22(33-5)23(14-21)34-6/h8-14,17,19H,15-16H2,1-7H3,(H,26,30). The third-order valence-corrected chi connectivity index (χ3v) is 6.68. The number of carbonyl (C=O) groups is 2. The van der Waals surface area contributed by atoms with Crippen molar-refractivity contribution in [3.8, 4) is 11.5 Å². The van der Waals surface area contributed by atoms with Crippen LogP contribution in [0.2, 0.25) is 0 Å². The van der Waals surface area contributed by atoms with Crippen LogP contribution in [0.3, 0.4) is 0 Å². The Morgan fingerprint density at radius 1 is 1.00 bits per heavy atom. The van der Waals surface area contributed by atoms with Crippen LogP contribution in [0.15, 0.2) is 42.5 Å². The zero-order valence-electron chi connectivity index (χ0n) is 21.4. The van der Waals surface area contributed by atoms with Crippen molar-refractivity contribution in [1.82, 2.24) is 10.2 Å². The number of aryl methyl sites for hydroxylation is 1. The third-order valence-electron chi connectivity index (χ3n) is 5.53. The third kappa shape index (κ3) is 7.35. The number of rotatable bonds is 11. The number of hydrogen-bond acceptors (Lipinski definition) is 6. The molecule has 0 radical (unpaired) electrons. The number of ether oxygens (including phenoxy) is 2. The number of methoxy groups -OCH3 is 2. The van der Waals surface area contributed by atoms with Gasteiger partial charge in [0.25, 0.3) is 0 Å². The molecule has 0 spiro atoms. The largest absolute Gasteiger partial charge is 0.493 e. The monoisotopic (exact) mass is 505 g/mol. The molecule has 192 valence electrons. The van der Waals surface area contributed by atoms with Crippen molar-refractivity contribution in [2.75, 3.05) is 31.3 Å². The fourth-order valence-corrected chi connectivity index (χ4v) is 4.39.